The van der Waals surface area contributed by atoms with E-state index < -0.39 is 0 Å². The van der Waals surface area contributed by atoms with Gasteiger partial charge < -0.3 is 15.2 Å². The van der Waals surface area contributed by atoms with Gasteiger partial charge in [0.2, 0.25) is 0 Å². The van der Waals surface area contributed by atoms with E-state index in [0.29, 0.717) is 18.4 Å². The summed E-state index contributed by atoms with van der Waals surface area (Å²) in [4.78, 5) is 0. The molecule has 0 saturated heterocycles. The number of nitrogens with one attached hydrogen (secondary N) is 1. The molecule has 1 saturated carbocycles. The van der Waals surface area contributed by atoms with Crippen molar-refractivity contribution in [3.8, 4) is 0 Å². The Balaban J connectivity index is 2.45. The summed E-state index contributed by atoms with van der Waals surface area (Å²) in [6.45, 7) is 10.5. The first kappa shape index (κ1) is 15.9. The molecule has 2 atom stereocenters. The first-order valence-electron chi connectivity index (χ1n) is 7.51. The average molecular weight is 257 g/mol. The first-order chi connectivity index (χ1) is 8.54. The van der Waals surface area contributed by atoms with Crippen LogP contribution in [-0.2, 0) is 4.74 Å². The highest BCUT2D eigenvalue weighted by molar-refractivity contribution is 5.01. The molecule has 3 heteroatoms. The molecule has 1 aliphatic rings. The molecule has 0 spiro atoms. The van der Waals surface area contributed by atoms with E-state index in [2.05, 4.69) is 33.0 Å². The maximum Gasteiger partial charge on any atom is 0.0679 e. The molecule has 0 aliphatic heterocycles. The number of aliphatic hydroxyl groups is 1. The summed E-state index contributed by atoms with van der Waals surface area (Å²) in [7, 11) is 0. The van der Waals surface area contributed by atoms with Crippen molar-refractivity contribution in [2.75, 3.05) is 19.8 Å². The molecule has 0 aromatic carbocycles. The quantitative estimate of drug-likeness (QED) is 0.632. The Morgan fingerprint density at radius 3 is 2.44 bits per heavy atom. The van der Waals surface area contributed by atoms with Gasteiger partial charge in [-0.15, -0.1) is 0 Å². The molecule has 0 aromatic heterocycles. The van der Waals surface area contributed by atoms with Crippen molar-refractivity contribution >= 4 is 0 Å². The summed E-state index contributed by atoms with van der Waals surface area (Å²) in [5.74, 6) is 1.26. The minimum Gasteiger partial charge on any atom is -0.394 e. The maximum absolute atomic E-state index is 9.77. The fourth-order valence-electron chi connectivity index (χ4n) is 2.58. The molecule has 1 rings (SSSR count). The van der Waals surface area contributed by atoms with Gasteiger partial charge in [-0.25, -0.2) is 0 Å². The van der Waals surface area contributed by atoms with E-state index in [-0.39, 0.29) is 18.2 Å². The van der Waals surface area contributed by atoms with Crippen molar-refractivity contribution < 1.29 is 9.84 Å². The van der Waals surface area contributed by atoms with Gasteiger partial charge in [0.15, 0.2) is 0 Å². The molecule has 3 nitrogen and oxygen atoms in total. The Morgan fingerprint density at radius 1 is 1.33 bits per heavy atom. The van der Waals surface area contributed by atoms with Crippen molar-refractivity contribution in [3.63, 3.8) is 0 Å². The summed E-state index contributed by atoms with van der Waals surface area (Å²) < 4.78 is 5.99. The highest BCUT2D eigenvalue weighted by Gasteiger charge is 2.44. The zero-order valence-corrected chi connectivity index (χ0v) is 12.5. The van der Waals surface area contributed by atoms with Crippen LogP contribution in [0.5, 0.6) is 0 Å². The molecule has 0 aromatic rings. The Morgan fingerprint density at radius 2 is 2.00 bits per heavy atom. The Kier molecular flexibility index (Phi) is 6.61. The Hall–Kier alpha value is -0.120. The third-order valence-corrected chi connectivity index (χ3v) is 3.80. The largest absolute Gasteiger partial charge is 0.394 e. The zero-order valence-electron chi connectivity index (χ0n) is 12.5. The van der Waals surface area contributed by atoms with Gasteiger partial charge in [-0.05, 0) is 51.0 Å². The number of ether oxygens (including phenoxy) is 1. The van der Waals surface area contributed by atoms with Crippen LogP contribution >= 0.6 is 0 Å². The maximum atomic E-state index is 9.77. The van der Waals surface area contributed by atoms with E-state index >= 15 is 0 Å². The molecular weight excluding hydrogens is 226 g/mol. The number of rotatable bonds is 10. The second-order valence-corrected chi connectivity index (χ2v) is 6.27. The van der Waals surface area contributed by atoms with Gasteiger partial charge in [0, 0.05) is 0 Å². The van der Waals surface area contributed by atoms with Crippen LogP contribution in [0.15, 0.2) is 0 Å². The number of hydrogen-bond donors (Lipinski definition) is 2. The zero-order chi connectivity index (χ0) is 13.6. The Bertz CT molecular complexity index is 229. The molecular formula is C15H31NO2. The minimum absolute atomic E-state index is 0.187. The van der Waals surface area contributed by atoms with E-state index in [1.54, 1.807) is 0 Å². The molecule has 1 aliphatic carbocycles. The van der Waals surface area contributed by atoms with Crippen LogP contribution in [-0.4, -0.2) is 36.5 Å². The van der Waals surface area contributed by atoms with E-state index in [4.69, 9.17) is 4.74 Å². The molecule has 0 heterocycles. The predicted molar refractivity (Wildman–Crippen MR) is 75.7 cm³/mol. The van der Waals surface area contributed by atoms with Crippen LogP contribution in [0.1, 0.15) is 53.4 Å². The summed E-state index contributed by atoms with van der Waals surface area (Å²) >= 11 is 0. The van der Waals surface area contributed by atoms with Crippen LogP contribution in [0, 0.1) is 11.8 Å². The van der Waals surface area contributed by atoms with Crippen LogP contribution < -0.4 is 5.32 Å². The second kappa shape index (κ2) is 7.46. The van der Waals surface area contributed by atoms with Gasteiger partial charge in [0.05, 0.1) is 24.9 Å². The average Bonchev–Trinajstić information content (AvgIpc) is 3.13. The number of aliphatic hydroxyl groups excluding tert-OH is 1. The van der Waals surface area contributed by atoms with Gasteiger partial charge in [-0.3, -0.25) is 0 Å². The lowest BCUT2D eigenvalue weighted by Crippen LogP contribution is -2.55. The predicted octanol–water partition coefficient (Wildman–Crippen LogP) is 2.58. The normalized spacial score (nSPS) is 21.0. The monoisotopic (exact) mass is 257 g/mol. The molecule has 108 valence electrons. The van der Waals surface area contributed by atoms with E-state index in [1.807, 2.05) is 0 Å². The minimum atomic E-state index is -0.193. The van der Waals surface area contributed by atoms with Crippen LogP contribution in [0.25, 0.3) is 0 Å². The third-order valence-electron chi connectivity index (χ3n) is 3.80. The smallest absolute Gasteiger partial charge is 0.0679 e. The lowest BCUT2D eigenvalue weighted by molar-refractivity contribution is -0.0179. The van der Waals surface area contributed by atoms with Crippen molar-refractivity contribution in [2.24, 2.45) is 11.8 Å². The van der Waals surface area contributed by atoms with Gasteiger partial charge in [0.1, 0.15) is 0 Å². The second-order valence-electron chi connectivity index (χ2n) is 6.27. The van der Waals surface area contributed by atoms with Crippen LogP contribution in [0.4, 0.5) is 0 Å². The van der Waals surface area contributed by atoms with Gasteiger partial charge in [0.25, 0.3) is 0 Å². The van der Waals surface area contributed by atoms with E-state index in [1.165, 1.54) is 12.8 Å². The van der Waals surface area contributed by atoms with Crippen molar-refractivity contribution in [1.82, 2.24) is 5.32 Å². The van der Waals surface area contributed by atoms with Gasteiger partial charge in [-0.1, -0.05) is 20.8 Å². The molecule has 1 fully saturated rings. The molecule has 18 heavy (non-hydrogen) atoms. The summed E-state index contributed by atoms with van der Waals surface area (Å²) in [5.41, 5.74) is -0.193. The summed E-state index contributed by atoms with van der Waals surface area (Å²) in [5, 5.41) is 13.3. The Labute approximate surface area is 112 Å². The fourth-order valence-corrected chi connectivity index (χ4v) is 2.58. The van der Waals surface area contributed by atoms with Crippen molar-refractivity contribution in [3.05, 3.63) is 0 Å². The van der Waals surface area contributed by atoms with Crippen LogP contribution in [0.2, 0.25) is 0 Å². The van der Waals surface area contributed by atoms with Gasteiger partial charge >= 0.3 is 0 Å². The highest BCUT2D eigenvalue weighted by atomic mass is 16.5. The molecule has 0 radical (unpaired) electrons. The topological polar surface area (TPSA) is 41.5 Å². The standard InChI is InChI=1S/C15H31NO2/c1-5-8-16-15(10-17,14-6-7-14)11-18-13(4)9-12(2)3/h12-14,16-17H,5-11H2,1-4H3. The lowest BCUT2D eigenvalue weighted by atomic mass is 9.94. The summed E-state index contributed by atoms with van der Waals surface area (Å²) in [6.07, 6.45) is 4.90. The van der Waals surface area contributed by atoms with E-state index in [9.17, 15) is 5.11 Å². The van der Waals surface area contributed by atoms with Crippen molar-refractivity contribution in [1.29, 1.82) is 0 Å². The molecule has 2 N–H and O–H groups in total. The number of hydrogen-bond acceptors (Lipinski definition) is 3. The van der Waals surface area contributed by atoms with Crippen LogP contribution in [0.3, 0.4) is 0 Å². The van der Waals surface area contributed by atoms with E-state index in [0.717, 1.165) is 19.4 Å². The summed E-state index contributed by atoms with van der Waals surface area (Å²) in [6, 6.07) is 0. The van der Waals surface area contributed by atoms with Gasteiger partial charge in [-0.2, -0.15) is 0 Å². The first-order valence-corrected chi connectivity index (χ1v) is 7.51. The highest BCUT2D eigenvalue weighted by Crippen LogP contribution is 2.40. The lowest BCUT2D eigenvalue weighted by Gasteiger charge is -2.34. The molecule has 0 bridgehead atoms. The van der Waals surface area contributed by atoms with Crippen molar-refractivity contribution in [2.45, 2.75) is 65.0 Å². The fraction of sp³-hybridized carbons (Fsp3) is 1.00. The third kappa shape index (κ3) is 4.87. The molecule has 0 amide bonds. The molecule has 2 unspecified atom stereocenters. The SMILES string of the molecule is CCCNC(CO)(COC(C)CC(C)C)C1CC1.